The Morgan fingerprint density at radius 2 is 1.65 bits per heavy atom. The monoisotopic (exact) mass is 309 g/mol. The molecule has 0 bridgehead atoms. The second-order valence-corrected chi connectivity index (χ2v) is 5.46. The van der Waals surface area contributed by atoms with Crippen molar-refractivity contribution in [2.45, 2.75) is 13.8 Å². The fourth-order valence-electron chi connectivity index (χ4n) is 1.96. The van der Waals surface area contributed by atoms with E-state index < -0.39 is 0 Å². The van der Waals surface area contributed by atoms with Crippen molar-refractivity contribution in [1.82, 2.24) is 0 Å². The van der Waals surface area contributed by atoms with Crippen molar-refractivity contribution in [3.05, 3.63) is 57.1 Å². The summed E-state index contributed by atoms with van der Waals surface area (Å²) < 4.78 is 0. The number of nitrogens with one attached hydrogen (secondary N) is 1. The average molecular weight is 310 g/mol. The number of hydrogen-bond donors (Lipinski definition) is 2. The summed E-state index contributed by atoms with van der Waals surface area (Å²) >= 11 is 11.7. The molecule has 0 atom stereocenters. The first-order chi connectivity index (χ1) is 9.36. The molecule has 0 unspecified atom stereocenters. The molecular weight excluding hydrogens is 297 g/mol. The van der Waals surface area contributed by atoms with Crippen LogP contribution in [-0.4, -0.2) is 11.0 Å². The van der Waals surface area contributed by atoms with E-state index in [1.54, 1.807) is 12.1 Å². The van der Waals surface area contributed by atoms with Crippen molar-refractivity contribution < 1.29 is 9.90 Å². The van der Waals surface area contributed by atoms with E-state index in [0.717, 1.165) is 11.1 Å². The predicted molar refractivity (Wildman–Crippen MR) is 82.0 cm³/mol. The SMILES string of the molecule is Cc1cc(C)cc(C(=O)Nc2cc(Cl)cc(Cl)c2O)c1. The molecule has 0 fully saturated rings. The van der Waals surface area contributed by atoms with Crippen LogP contribution in [-0.2, 0) is 0 Å². The highest BCUT2D eigenvalue weighted by Gasteiger charge is 2.13. The largest absolute Gasteiger partial charge is 0.504 e. The van der Waals surface area contributed by atoms with Crippen LogP contribution in [0.3, 0.4) is 0 Å². The molecule has 3 nitrogen and oxygen atoms in total. The lowest BCUT2D eigenvalue weighted by atomic mass is 10.1. The lowest BCUT2D eigenvalue weighted by molar-refractivity contribution is 0.102. The molecule has 0 aliphatic heterocycles. The normalized spacial score (nSPS) is 10.4. The van der Waals surface area contributed by atoms with Crippen LogP contribution in [0.25, 0.3) is 0 Å². The van der Waals surface area contributed by atoms with Gasteiger partial charge in [-0.2, -0.15) is 0 Å². The number of carbonyl (C=O) groups excluding carboxylic acids is 1. The van der Waals surface area contributed by atoms with Crippen LogP contribution in [0.2, 0.25) is 10.0 Å². The zero-order valence-electron chi connectivity index (χ0n) is 11.0. The van der Waals surface area contributed by atoms with Gasteiger partial charge in [0.05, 0.1) is 10.7 Å². The highest BCUT2D eigenvalue weighted by Crippen LogP contribution is 2.35. The Morgan fingerprint density at radius 1 is 1.05 bits per heavy atom. The predicted octanol–water partition coefficient (Wildman–Crippen LogP) is 4.57. The van der Waals surface area contributed by atoms with Crippen LogP contribution in [0, 0.1) is 13.8 Å². The van der Waals surface area contributed by atoms with E-state index >= 15 is 0 Å². The van der Waals surface area contributed by atoms with Crippen molar-refractivity contribution in [3.63, 3.8) is 0 Å². The van der Waals surface area contributed by atoms with Crippen LogP contribution in [0.1, 0.15) is 21.5 Å². The zero-order valence-corrected chi connectivity index (χ0v) is 12.5. The van der Waals surface area contributed by atoms with Crippen molar-refractivity contribution in [2.75, 3.05) is 5.32 Å². The van der Waals surface area contributed by atoms with E-state index in [4.69, 9.17) is 23.2 Å². The molecule has 20 heavy (non-hydrogen) atoms. The third-order valence-electron chi connectivity index (χ3n) is 2.76. The maximum Gasteiger partial charge on any atom is 0.255 e. The molecule has 0 spiro atoms. The molecule has 5 heteroatoms. The topological polar surface area (TPSA) is 49.3 Å². The van der Waals surface area contributed by atoms with Crippen LogP contribution < -0.4 is 5.32 Å². The van der Waals surface area contributed by atoms with Gasteiger partial charge in [0.25, 0.3) is 5.91 Å². The molecular formula is C15H13Cl2NO2. The standard InChI is InChI=1S/C15H13Cl2NO2/c1-8-3-9(2)5-10(4-8)15(20)18-13-7-11(16)6-12(17)14(13)19/h3-7,19H,1-2H3,(H,18,20). The Morgan fingerprint density at radius 3 is 2.25 bits per heavy atom. The molecule has 2 rings (SSSR count). The Bertz CT molecular complexity index is 664. The number of benzene rings is 2. The quantitative estimate of drug-likeness (QED) is 0.798. The molecule has 0 aromatic heterocycles. The second-order valence-electron chi connectivity index (χ2n) is 4.61. The number of anilines is 1. The number of hydrogen-bond acceptors (Lipinski definition) is 2. The number of halogens is 2. The van der Waals surface area contributed by atoms with Gasteiger partial charge in [0.15, 0.2) is 5.75 Å². The molecule has 0 saturated carbocycles. The lowest BCUT2D eigenvalue weighted by Crippen LogP contribution is -2.12. The van der Waals surface area contributed by atoms with E-state index in [2.05, 4.69) is 5.32 Å². The molecule has 0 saturated heterocycles. The smallest absolute Gasteiger partial charge is 0.255 e. The van der Waals surface area contributed by atoms with Crippen LogP contribution in [0.15, 0.2) is 30.3 Å². The van der Waals surface area contributed by atoms with Gasteiger partial charge in [-0.1, -0.05) is 40.4 Å². The van der Waals surface area contributed by atoms with E-state index in [1.807, 2.05) is 19.9 Å². The number of rotatable bonds is 2. The maximum atomic E-state index is 12.2. The Labute approximate surface area is 127 Å². The molecule has 2 aromatic rings. The van der Waals surface area contributed by atoms with Gasteiger partial charge in [-0.05, 0) is 38.1 Å². The fraction of sp³-hybridized carbons (Fsp3) is 0.133. The van der Waals surface area contributed by atoms with Crippen molar-refractivity contribution in [2.24, 2.45) is 0 Å². The second kappa shape index (κ2) is 5.73. The molecule has 0 aliphatic rings. The highest BCUT2D eigenvalue weighted by atomic mass is 35.5. The van der Waals surface area contributed by atoms with Gasteiger partial charge in [-0.15, -0.1) is 0 Å². The minimum Gasteiger partial charge on any atom is -0.504 e. The van der Waals surface area contributed by atoms with Crippen LogP contribution in [0.4, 0.5) is 5.69 Å². The van der Waals surface area contributed by atoms with Crippen molar-refractivity contribution in [3.8, 4) is 5.75 Å². The third kappa shape index (κ3) is 3.24. The van der Waals surface area contributed by atoms with E-state index in [-0.39, 0.29) is 22.4 Å². The first-order valence-corrected chi connectivity index (χ1v) is 6.70. The van der Waals surface area contributed by atoms with Gasteiger partial charge < -0.3 is 10.4 Å². The van der Waals surface area contributed by atoms with Crippen molar-refractivity contribution in [1.29, 1.82) is 0 Å². The van der Waals surface area contributed by atoms with Crippen molar-refractivity contribution >= 4 is 34.8 Å². The maximum absolute atomic E-state index is 12.2. The van der Waals surface area contributed by atoms with E-state index in [1.165, 1.54) is 12.1 Å². The molecule has 0 radical (unpaired) electrons. The van der Waals surface area contributed by atoms with Gasteiger partial charge in [0, 0.05) is 10.6 Å². The van der Waals surface area contributed by atoms with E-state index in [0.29, 0.717) is 10.6 Å². The molecule has 0 heterocycles. The first kappa shape index (κ1) is 14.7. The summed E-state index contributed by atoms with van der Waals surface area (Å²) in [6, 6.07) is 8.37. The zero-order chi connectivity index (χ0) is 14.9. The Hall–Kier alpha value is -1.71. The summed E-state index contributed by atoms with van der Waals surface area (Å²) in [6.07, 6.45) is 0. The lowest BCUT2D eigenvalue weighted by Gasteiger charge is -2.10. The van der Waals surface area contributed by atoms with E-state index in [9.17, 15) is 9.90 Å². The number of phenols is 1. The Kier molecular flexibility index (Phi) is 4.21. The summed E-state index contributed by atoms with van der Waals surface area (Å²) in [5.74, 6) is -0.528. The number of amides is 1. The number of phenolic OH excluding ortho intramolecular Hbond substituents is 1. The van der Waals surface area contributed by atoms with Gasteiger partial charge in [-0.25, -0.2) is 0 Å². The summed E-state index contributed by atoms with van der Waals surface area (Å²) in [5, 5.41) is 12.9. The summed E-state index contributed by atoms with van der Waals surface area (Å²) in [6.45, 7) is 3.83. The summed E-state index contributed by atoms with van der Waals surface area (Å²) in [7, 11) is 0. The van der Waals surface area contributed by atoms with Gasteiger partial charge in [0.2, 0.25) is 0 Å². The van der Waals surface area contributed by atoms with Crippen LogP contribution in [0.5, 0.6) is 5.75 Å². The third-order valence-corrected chi connectivity index (χ3v) is 3.27. The highest BCUT2D eigenvalue weighted by molar-refractivity contribution is 6.36. The molecule has 1 amide bonds. The van der Waals surface area contributed by atoms with Gasteiger partial charge >= 0.3 is 0 Å². The minimum absolute atomic E-state index is 0.0909. The van der Waals surface area contributed by atoms with Crippen LogP contribution >= 0.6 is 23.2 Å². The molecule has 2 N–H and O–H groups in total. The summed E-state index contributed by atoms with van der Waals surface area (Å²) in [5.41, 5.74) is 2.68. The summed E-state index contributed by atoms with van der Waals surface area (Å²) in [4.78, 5) is 12.2. The number of aryl methyl sites for hydroxylation is 2. The molecule has 2 aromatic carbocycles. The Balaban J connectivity index is 2.32. The molecule has 104 valence electrons. The average Bonchev–Trinajstić information content (AvgIpc) is 2.34. The van der Waals surface area contributed by atoms with Gasteiger partial charge in [0.1, 0.15) is 0 Å². The minimum atomic E-state index is -0.328. The fourth-order valence-corrected chi connectivity index (χ4v) is 2.45. The number of carbonyl (C=O) groups is 1. The molecule has 0 aliphatic carbocycles. The number of aromatic hydroxyl groups is 1. The first-order valence-electron chi connectivity index (χ1n) is 5.94. The van der Waals surface area contributed by atoms with Gasteiger partial charge in [-0.3, -0.25) is 4.79 Å².